The lowest BCUT2D eigenvalue weighted by Gasteiger charge is -2.09. The van der Waals surface area contributed by atoms with Crippen LogP contribution in [-0.4, -0.2) is 17.2 Å². The number of methoxy groups -OCH3 is 1. The van der Waals surface area contributed by atoms with Gasteiger partial charge >= 0.3 is 0 Å². The van der Waals surface area contributed by atoms with Crippen LogP contribution in [0.15, 0.2) is 66.7 Å². The quantitative estimate of drug-likeness (QED) is 0.416. The fourth-order valence-corrected chi connectivity index (χ4v) is 2.52. The van der Waals surface area contributed by atoms with Crippen molar-refractivity contribution in [1.82, 2.24) is 4.98 Å². The first kappa shape index (κ1) is 20.7. The fourth-order valence-electron chi connectivity index (χ4n) is 2.52. The largest absolute Gasteiger partial charge is 0.504 e. The van der Waals surface area contributed by atoms with E-state index in [9.17, 15) is 13.9 Å². The standard InChI is InChI=1S/C16H13FN2O3.C6H6FN/c1-21-15-6-9-2-5-16(19-12(9)8-13(15)20)22-14-4-3-10(18)7-11(14)17;7-5-1-3-6(8)4-2-5/h2-8,20H,18H2,1H3;1-4H,8H2. The number of benzene rings is 3. The maximum Gasteiger partial charge on any atom is 0.219 e. The third kappa shape index (κ3) is 5.05. The van der Waals surface area contributed by atoms with Gasteiger partial charge in [0, 0.05) is 35.0 Å². The number of phenols is 1. The number of fused-ring (bicyclic) bond motifs is 1. The van der Waals surface area contributed by atoms with Crippen molar-refractivity contribution < 1.29 is 23.4 Å². The van der Waals surface area contributed by atoms with Crippen LogP contribution in [-0.2, 0) is 0 Å². The minimum absolute atomic E-state index is 0.0267. The summed E-state index contributed by atoms with van der Waals surface area (Å²) in [6, 6.07) is 16.3. The fraction of sp³-hybridized carbons (Fsp3) is 0.0455. The number of aromatic nitrogens is 1. The summed E-state index contributed by atoms with van der Waals surface area (Å²) < 4.78 is 36.2. The Kier molecular flexibility index (Phi) is 6.17. The Morgan fingerprint density at radius 1 is 0.833 bits per heavy atom. The van der Waals surface area contributed by atoms with Crippen LogP contribution in [0.2, 0.25) is 0 Å². The van der Waals surface area contributed by atoms with E-state index in [2.05, 4.69) is 4.98 Å². The maximum atomic E-state index is 13.7. The number of ether oxygens (including phenoxy) is 2. The Labute approximate surface area is 171 Å². The van der Waals surface area contributed by atoms with Crippen LogP contribution in [0.4, 0.5) is 20.2 Å². The molecule has 0 radical (unpaired) electrons. The molecule has 5 N–H and O–H groups in total. The van der Waals surface area contributed by atoms with E-state index in [1.165, 1.54) is 55.6 Å². The van der Waals surface area contributed by atoms with Gasteiger partial charge in [0.25, 0.3) is 0 Å². The van der Waals surface area contributed by atoms with Crippen molar-refractivity contribution in [2.24, 2.45) is 0 Å². The molecule has 3 aromatic carbocycles. The average Bonchev–Trinajstić information content (AvgIpc) is 2.72. The van der Waals surface area contributed by atoms with Crippen LogP contribution in [0.3, 0.4) is 0 Å². The number of hydrogen-bond acceptors (Lipinski definition) is 6. The van der Waals surface area contributed by atoms with Crippen LogP contribution >= 0.6 is 0 Å². The van der Waals surface area contributed by atoms with Crippen molar-refractivity contribution in [3.05, 3.63) is 78.4 Å². The maximum absolute atomic E-state index is 13.7. The number of nitrogen functional groups attached to an aromatic ring is 2. The molecule has 154 valence electrons. The lowest BCUT2D eigenvalue weighted by atomic mass is 10.2. The van der Waals surface area contributed by atoms with E-state index in [0.717, 1.165) is 5.39 Å². The molecule has 30 heavy (non-hydrogen) atoms. The SMILES string of the molecule is COc1cc2ccc(Oc3ccc(N)cc3F)nc2cc1O.Nc1ccc(F)cc1. The normalized spacial score (nSPS) is 10.2. The number of hydrogen-bond donors (Lipinski definition) is 3. The summed E-state index contributed by atoms with van der Waals surface area (Å²) in [5, 5.41) is 10.5. The van der Waals surface area contributed by atoms with Gasteiger partial charge in [-0.05, 0) is 48.5 Å². The predicted molar refractivity (Wildman–Crippen MR) is 112 cm³/mol. The Bertz CT molecular complexity index is 1150. The first-order valence-corrected chi connectivity index (χ1v) is 8.77. The summed E-state index contributed by atoms with van der Waals surface area (Å²) in [6.45, 7) is 0. The number of nitrogens with zero attached hydrogens (tertiary/aromatic N) is 1. The topological polar surface area (TPSA) is 104 Å². The molecule has 0 unspecified atom stereocenters. The lowest BCUT2D eigenvalue weighted by molar-refractivity contribution is 0.374. The van der Waals surface area contributed by atoms with Crippen molar-refractivity contribution in [3.63, 3.8) is 0 Å². The van der Waals surface area contributed by atoms with Crippen molar-refractivity contribution in [2.75, 3.05) is 18.6 Å². The highest BCUT2D eigenvalue weighted by molar-refractivity contribution is 5.83. The minimum atomic E-state index is -0.570. The zero-order chi connectivity index (χ0) is 21.7. The highest BCUT2D eigenvalue weighted by Gasteiger charge is 2.09. The van der Waals surface area contributed by atoms with Crippen molar-refractivity contribution >= 4 is 22.3 Å². The molecule has 0 bridgehead atoms. The van der Waals surface area contributed by atoms with E-state index < -0.39 is 5.82 Å². The molecule has 0 fully saturated rings. The van der Waals surface area contributed by atoms with Gasteiger partial charge in [-0.3, -0.25) is 0 Å². The van der Waals surface area contributed by atoms with Gasteiger partial charge in [-0.15, -0.1) is 0 Å². The van der Waals surface area contributed by atoms with Gasteiger partial charge in [-0.1, -0.05) is 0 Å². The zero-order valence-corrected chi connectivity index (χ0v) is 16.0. The van der Waals surface area contributed by atoms with E-state index >= 15 is 0 Å². The summed E-state index contributed by atoms with van der Waals surface area (Å²) >= 11 is 0. The molecule has 0 aliphatic carbocycles. The summed E-state index contributed by atoms with van der Waals surface area (Å²) in [6.07, 6.45) is 0. The molecule has 1 aromatic heterocycles. The number of pyridine rings is 1. The molecule has 0 atom stereocenters. The highest BCUT2D eigenvalue weighted by atomic mass is 19.1. The van der Waals surface area contributed by atoms with Gasteiger partial charge in [-0.25, -0.2) is 13.8 Å². The van der Waals surface area contributed by atoms with Gasteiger partial charge in [0.15, 0.2) is 23.1 Å². The average molecular weight is 411 g/mol. The summed E-state index contributed by atoms with van der Waals surface area (Å²) in [5.74, 6) is -0.260. The molecular weight excluding hydrogens is 392 g/mol. The first-order valence-electron chi connectivity index (χ1n) is 8.77. The van der Waals surface area contributed by atoms with E-state index in [1.807, 2.05) is 0 Å². The molecule has 0 saturated heterocycles. The second kappa shape index (κ2) is 8.95. The number of halogens is 2. The Morgan fingerprint density at radius 3 is 2.17 bits per heavy atom. The van der Waals surface area contributed by atoms with Gasteiger partial charge in [-0.2, -0.15) is 0 Å². The third-order valence-corrected chi connectivity index (χ3v) is 4.00. The van der Waals surface area contributed by atoms with E-state index in [-0.39, 0.29) is 23.2 Å². The minimum Gasteiger partial charge on any atom is -0.504 e. The lowest BCUT2D eigenvalue weighted by Crippen LogP contribution is -1.93. The molecule has 1 heterocycles. The van der Waals surface area contributed by atoms with E-state index in [1.54, 1.807) is 18.2 Å². The monoisotopic (exact) mass is 411 g/mol. The van der Waals surface area contributed by atoms with Gasteiger partial charge in [0.05, 0.1) is 12.6 Å². The predicted octanol–water partition coefficient (Wildman–Crippen LogP) is 4.87. The number of aromatic hydroxyl groups is 1. The van der Waals surface area contributed by atoms with Crippen molar-refractivity contribution in [1.29, 1.82) is 0 Å². The first-order chi connectivity index (χ1) is 14.4. The number of rotatable bonds is 3. The number of nitrogens with two attached hydrogens (primary N) is 2. The smallest absolute Gasteiger partial charge is 0.219 e. The molecule has 8 heteroatoms. The zero-order valence-electron chi connectivity index (χ0n) is 16.0. The molecule has 0 aliphatic heterocycles. The molecule has 0 aliphatic rings. The van der Waals surface area contributed by atoms with Gasteiger partial charge in [0.2, 0.25) is 5.88 Å². The Balaban J connectivity index is 0.000000269. The van der Waals surface area contributed by atoms with E-state index in [0.29, 0.717) is 22.6 Å². The number of anilines is 2. The van der Waals surface area contributed by atoms with Gasteiger partial charge in [0.1, 0.15) is 5.82 Å². The molecule has 0 spiro atoms. The van der Waals surface area contributed by atoms with Crippen molar-refractivity contribution in [3.8, 4) is 23.1 Å². The molecule has 4 aromatic rings. The number of phenolic OH excluding ortho intramolecular Hbond substituents is 1. The summed E-state index contributed by atoms with van der Waals surface area (Å²) in [5.41, 5.74) is 12.2. The Hall–Kier alpha value is -4.07. The van der Waals surface area contributed by atoms with Crippen LogP contribution in [0.5, 0.6) is 23.1 Å². The van der Waals surface area contributed by atoms with Crippen LogP contribution in [0, 0.1) is 11.6 Å². The third-order valence-electron chi connectivity index (χ3n) is 4.00. The van der Waals surface area contributed by atoms with Crippen molar-refractivity contribution in [2.45, 2.75) is 0 Å². The molecular formula is C22H19F2N3O3. The molecule has 6 nitrogen and oxygen atoms in total. The summed E-state index contributed by atoms with van der Waals surface area (Å²) in [7, 11) is 1.47. The second-order valence-electron chi connectivity index (χ2n) is 6.21. The van der Waals surface area contributed by atoms with E-state index in [4.69, 9.17) is 20.9 Å². The Morgan fingerprint density at radius 2 is 1.53 bits per heavy atom. The summed E-state index contributed by atoms with van der Waals surface area (Å²) in [4.78, 5) is 4.23. The highest BCUT2D eigenvalue weighted by Crippen LogP contribution is 2.32. The van der Waals surface area contributed by atoms with Crippen LogP contribution in [0.1, 0.15) is 0 Å². The molecule has 0 saturated carbocycles. The molecule has 0 amide bonds. The van der Waals surface area contributed by atoms with Gasteiger partial charge < -0.3 is 26.0 Å². The molecule has 4 rings (SSSR count). The van der Waals surface area contributed by atoms with Crippen LogP contribution in [0.25, 0.3) is 10.9 Å². The second-order valence-corrected chi connectivity index (χ2v) is 6.21. The van der Waals surface area contributed by atoms with Crippen LogP contribution < -0.4 is 20.9 Å².